The highest BCUT2D eigenvalue weighted by Crippen LogP contribution is 2.31. The molecule has 0 amide bonds. The van der Waals surface area contributed by atoms with Crippen LogP contribution in [0.15, 0.2) is 30.3 Å². The SMILES string of the molecule is CC(C)(C)NC[C@H](O)c1ccc2ccc(C(F)(F)F)cc2n1. The van der Waals surface area contributed by atoms with E-state index >= 15 is 0 Å². The Morgan fingerprint density at radius 3 is 2.36 bits per heavy atom. The van der Waals surface area contributed by atoms with Crippen LogP contribution in [-0.2, 0) is 6.18 Å². The molecule has 0 fully saturated rings. The number of aliphatic hydroxyl groups is 1. The van der Waals surface area contributed by atoms with Crippen LogP contribution in [0, 0.1) is 0 Å². The Hall–Kier alpha value is -1.66. The molecule has 0 bridgehead atoms. The van der Waals surface area contributed by atoms with E-state index in [1.54, 1.807) is 12.1 Å². The summed E-state index contributed by atoms with van der Waals surface area (Å²) in [7, 11) is 0. The molecule has 0 unspecified atom stereocenters. The summed E-state index contributed by atoms with van der Waals surface area (Å²) in [6.45, 7) is 6.16. The lowest BCUT2D eigenvalue weighted by Crippen LogP contribution is -2.38. The Bertz CT molecular complexity index is 662. The van der Waals surface area contributed by atoms with Gasteiger partial charge in [0.15, 0.2) is 0 Å². The minimum Gasteiger partial charge on any atom is -0.385 e. The lowest BCUT2D eigenvalue weighted by molar-refractivity contribution is -0.137. The van der Waals surface area contributed by atoms with Gasteiger partial charge in [-0.25, -0.2) is 0 Å². The molecular weight excluding hydrogens is 293 g/mol. The molecule has 1 aromatic carbocycles. The Labute approximate surface area is 127 Å². The molecule has 0 spiro atoms. The van der Waals surface area contributed by atoms with Crippen molar-refractivity contribution in [2.24, 2.45) is 0 Å². The third-order valence-corrected chi connectivity index (χ3v) is 3.21. The Morgan fingerprint density at radius 2 is 1.77 bits per heavy atom. The molecule has 2 N–H and O–H groups in total. The molecule has 6 heteroatoms. The number of hydrogen-bond donors (Lipinski definition) is 2. The highest BCUT2D eigenvalue weighted by atomic mass is 19.4. The fourth-order valence-electron chi connectivity index (χ4n) is 2.00. The third kappa shape index (κ3) is 4.18. The molecule has 22 heavy (non-hydrogen) atoms. The van der Waals surface area contributed by atoms with Crippen LogP contribution < -0.4 is 5.32 Å². The summed E-state index contributed by atoms with van der Waals surface area (Å²) in [5.74, 6) is 0. The lowest BCUT2D eigenvalue weighted by atomic mass is 10.1. The van der Waals surface area contributed by atoms with Gasteiger partial charge in [0.05, 0.1) is 16.8 Å². The van der Waals surface area contributed by atoms with Gasteiger partial charge in [-0.2, -0.15) is 13.2 Å². The number of hydrogen-bond acceptors (Lipinski definition) is 3. The average Bonchev–Trinajstić information content (AvgIpc) is 2.41. The van der Waals surface area contributed by atoms with Gasteiger partial charge in [-0.15, -0.1) is 0 Å². The highest BCUT2D eigenvalue weighted by Gasteiger charge is 2.30. The Kier molecular flexibility index (Phi) is 4.44. The number of nitrogens with zero attached hydrogens (tertiary/aromatic N) is 1. The molecule has 120 valence electrons. The zero-order chi connectivity index (χ0) is 16.5. The summed E-state index contributed by atoms with van der Waals surface area (Å²) in [6.07, 6.45) is -5.28. The lowest BCUT2D eigenvalue weighted by Gasteiger charge is -2.22. The first kappa shape index (κ1) is 16.7. The van der Waals surface area contributed by atoms with Gasteiger partial charge < -0.3 is 10.4 Å². The molecule has 0 aliphatic heterocycles. The summed E-state index contributed by atoms with van der Waals surface area (Å²) in [6, 6.07) is 6.71. The number of nitrogens with one attached hydrogen (secondary N) is 1. The summed E-state index contributed by atoms with van der Waals surface area (Å²) >= 11 is 0. The second-order valence-electron chi connectivity index (χ2n) is 6.29. The molecule has 2 rings (SSSR count). The van der Waals surface area contributed by atoms with Gasteiger partial charge in [-0.05, 0) is 39.0 Å². The number of aliphatic hydroxyl groups excluding tert-OH is 1. The molecular formula is C16H19F3N2O. The van der Waals surface area contributed by atoms with Crippen molar-refractivity contribution in [1.29, 1.82) is 0 Å². The van der Waals surface area contributed by atoms with Crippen LogP contribution in [0.3, 0.4) is 0 Å². The van der Waals surface area contributed by atoms with Crippen LogP contribution in [0.2, 0.25) is 0 Å². The molecule has 1 heterocycles. The van der Waals surface area contributed by atoms with Crippen molar-refractivity contribution < 1.29 is 18.3 Å². The average molecular weight is 312 g/mol. The first-order valence-electron chi connectivity index (χ1n) is 6.97. The summed E-state index contributed by atoms with van der Waals surface area (Å²) < 4.78 is 38.2. The minimum atomic E-state index is -4.40. The van der Waals surface area contributed by atoms with Crippen LogP contribution in [-0.4, -0.2) is 22.2 Å². The van der Waals surface area contributed by atoms with E-state index < -0.39 is 17.8 Å². The van der Waals surface area contributed by atoms with Crippen molar-refractivity contribution in [3.05, 3.63) is 41.6 Å². The number of alkyl halides is 3. The van der Waals surface area contributed by atoms with E-state index in [9.17, 15) is 18.3 Å². The van der Waals surface area contributed by atoms with Gasteiger partial charge in [0, 0.05) is 17.5 Å². The van der Waals surface area contributed by atoms with Crippen molar-refractivity contribution in [2.75, 3.05) is 6.54 Å². The molecule has 0 aliphatic carbocycles. The van der Waals surface area contributed by atoms with E-state index in [2.05, 4.69) is 10.3 Å². The summed E-state index contributed by atoms with van der Waals surface area (Å²) in [4.78, 5) is 4.16. The van der Waals surface area contributed by atoms with Crippen LogP contribution in [0.5, 0.6) is 0 Å². The van der Waals surface area contributed by atoms with Crippen LogP contribution >= 0.6 is 0 Å². The molecule has 1 atom stereocenters. The first-order valence-corrected chi connectivity index (χ1v) is 6.97. The quantitative estimate of drug-likeness (QED) is 0.909. The second-order valence-corrected chi connectivity index (χ2v) is 6.29. The minimum absolute atomic E-state index is 0.165. The maximum absolute atomic E-state index is 12.7. The fraction of sp³-hybridized carbons (Fsp3) is 0.438. The number of benzene rings is 1. The van der Waals surface area contributed by atoms with E-state index in [1.807, 2.05) is 20.8 Å². The first-order chi connectivity index (χ1) is 10.1. The largest absolute Gasteiger partial charge is 0.416 e. The van der Waals surface area contributed by atoms with Crippen molar-refractivity contribution in [3.8, 4) is 0 Å². The van der Waals surface area contributed by atoms with Gasteiger partial charge in [-0.3, -0.25) is 4.98 Å². The number of halogens is 3. The van der Waals surface area contributed by atoms with E-state index in [-0.39, 0.29) is 17.6 Å². The molecule has 2 aromatic rings. The summed E-state index contributed by atoms with van der Waals surface area (Å²) in [5.41, 5.74) is -0.334. The van der Waals surface area contributed by atoms with Crippen molar-refractivity contribution >= 4 is 10.9 Å². The standard InChI is InChI=1S/C16H19F3N2O/c1-15(2,3)20-9-14(22)12-7-5-10-4-6-11(16(17,18)19)8-13(10)21-12/h4-8,14,20,22H,9H2,1-3H3/t14-/m0/s1. The predicted octanol–water partition coefficient (Wildman–Crippen LogP) is 3.68. The van der Waals surface area contributed by atoms with Crippen molar-refractivity contribution in [1.82, 2.24) is 10.3 Å². The van der Waals surface area contributed by atoms with Crippen LogP contribution in [0.1, 0.15) is 38.1 Å². The molecule has 0 saturated heterocycles. The molecule has 0 radical (unpaired) electrons. The Balaban J connectivity index is 2.28. The topological polar surface area (TPSA) is 45.1 Å². The normalized spacial score (nSPS) is 14.3. The molecule has 3 nitrogen and oxygen atoms in total. The molecule has 0 saturated carbocycles. The number of fused-ring (bicyclic) bond motifs is 1. The van der Waals surface area contributed by atoms with Gasteiger partial charge in [0.2, 0.25) is 0 Å². The predicted molar refractivity (Wildman–Crippen MR) is 79.5 cm³/mol. The highest BCUT2D eigenvalue weighted by molar-refractivity contribution is 5.79. The van der Waals surface area contributed by atoms with Gasteiger partial charge in [-0.1, -0.05) is 12.1 Å². The third-order valence-electron chi connectivity index (χ3n) is 3.21. The van der Waals surface area contributed by atoms with Gasteiger partial charge in [0.1, 0.15) is 6.10 Å². The number of rotatable bonds is 3. The monoisotopic (exact) mass is 312 g/mol. The van der Waals surface area contributed by atoms with Gasteiger partial charge >= 0.3 is 6.18 Å². The van der Waals surface area contributed by atoms with Crippen molar-refractivity contribution in [2.45, 2.75) is 38.6 Å². The zero-order valence-electron chi connectivity index (χ0n) is 12.7. The van der Waals surface area contributed by atoms with E-state index in [0.29, 0.717) is 11.1 Å². The fourth-order valence-corrected chi connectivity index (χ4v) is 2.00. The van der Waals surface area contributed by atoms with Gasteiger partial charge in [0.25, 0.3) is 0 Å². The number of aromatic nitrogens is 1. The smallest absolute Gasteiger partial charge is 0.385 e. The molecule has 1 aromatic heterocycles. The Morgan fingerprint density at radius 1 is 1.14 bits per heavy atom. The van der Waals surface area contributed by atoms with E-state index in [1.165, 1.54) is 6.07 Å². The van der Waals surface area contributed by atoms with E-state index in [4.69, 9.17) is 0 Å². The van der Waals surface area contributed by atoms with E-state index in [0.717, 1.165) is 12.1 Å². The maximum atomic E-state index is 12.7. The van der Waals surface area contributed by atoms with Crippen LogP contribution in [0.25, 0.3) is 10.9 Å². The number of pyridine rings is 1. The zero-order valence-corrected chi connectivity index (χ0v) is 12.7. The van der Waals surface area contributed by atoms with Crippen LogP contribution in [0.4, 0.5) is 13.2 Å². The van der Waals surface area contributed by atoms with Crippen molar-refractivity contribution in [3.63, 3.8) is 0 Å². The number of β-amino-alcohol motifs (C(OH)–C–C–N with tert-alkyl or cyclic N) is 1. The molecule has 0 aliphatic rings. The second kappa shape index (κ2) is 5.85. The summed E-state index contributed by atoms with van der Waals surface area (Å²) in [5, 5.41) is 13.9. The maximum Gasteiger partial charge on any atom is 0.416 e.